The van der Waals surface area contributed by atoms with Gasteiger partial charge in [0.15, 0.2) is 6.29 Å². The Morgan fingerprint density at radius 2 is 2.18 bits per heavy atom. The van der Waals surface area contributed by atoms with Crippen LogP contribution in [0.15, 0.2) is 24.4 Å². The third-order valence-electron chi connectivity index (χ3n) is 6.39. The van der Waals surface area contributed by atoms with Gasteiger partial charge in [0.2, 0.25) is 0 Å². The number of phenols is 1. The van der Waals surface area contributed by atoms with Crippen LogP contribution in [0.1, 0.15) is 53.8 Å². The van der Waals surface area contributed by atoms with Crippen LogP contribution in [-0.4, -0.2) is 41.0 Å². The first-order valence-corrected chi connectivity index (χ1v) is 10.0. The van der Waals surface area contributed by atoms with Gasteiger partial charge in [-0.3, -0.25) is 9.48 Å². The maximum absolute atomic E-state index is 11.5. The lowest BCUT2D eigenvalue weighted by atomic mass is 9.54. The predicted molar refractivity (Wildman–Crippen MR) is 105 cm³/mol. The Morgan fingerprint density at radius 3 is 2.93 bits per heavy atom. The molecule has 1 saturated carbocycles. The molecule has 2 fully saturated rings. The third kappa shape index (κ3) is 3.09. The first kappa shape index (κ1) is 19.0. The molecule has 1 aromatic carbocycles. The fourth-order valence-electron chi connectivity index (χ4n) is 4.91. The molecular weight excluding hydrogens is 356 g/mol. The molecule has 0 radical (unpaired) electrons. The summed E-state index contributed by atoms with van der Waals surface area (Å²) in [5, 5.41) is 14.7. The molecule has 4 atom stereocenters. The van der Waals surface area contributed by atoms with E-state index in [1.807, 2.05) is 6.20 Å². The van der Waals surface area contributed by atoms with Crippen molar-refractivity contribution in [1.82, 2.24) is 9.78 Å². The largest absolute Gasteiger partial charge is 0.507 e. The van der Waals surface area contributed by atoms with Crippen molar-refractivity contribution in [1.29, 1.82) is 0 Å². The van der Waals surface area contributed by atoms with Gasteiger partial charge < -0.3 is 14.6 Å². The van der Waals surface area contributed by atoms with E-state index >= 15 is 0 Å². The van der Waals surface area contributed by atoms with E-state index in [9.17, 15) is 9.90 Å². The number of aromatic nitrogens is 2. The number of aromatic hydroxyl groups is 1. The van der Waals surface area contributed by atoms with Gasteiger partial charge >= 0.3 is 0 Å². The highest BCUT2D eigenvalue weighted by Crippen LogP contribution is 2.55. The van der Waals surface area contributed by atoms with E-state index in [4.69, 9.17) is 9.47 Å². The number of rotatable bonds is 6. The zero-order valence-corrected chi connectivity index (χ0v) is 16.7. The molecule has 6 nitrogen and oxygen atoms in total. The fourth-order valence-corrected chi connectivity index (χ4v) is 4.91. The molecule has 2 aromatic rings. The standard InChI is InChI=1S/C22H28N2O4/c1-13(2)24-19(6-8-23-24)21-15-7-9-27-11-17(15)18(21)12-28-20-5-4-14(3)22(26)16(20)10-25/h4-6,8,10,13,15,17-18,21,26H,7,9,11-12H2,1-3H3/t15?,17-,18?,21?/m0/s1. The first-order chi connectivity index (χ1) is 13.5. The van der Waals surface area contributed by atoms with Gasteiger partial charge in [0.05, 0.1) is 18.8 Å². The number of hydrogen-bond donors (Lipinski definition) is 1. The molecule has 3 unspecified atom stereocenters. The van der Waals surface area contributed by atoms with Crippen LogP contribution in [0.25, 0.3) is 0 Å². The Labute approximate surface area is 165 Å². The number of nitrogens with zero attached hydrogens (tertiary/aromatic N) is 2. The van der Waals surface area contributed by atoms with Crippen LogP contribution in [0.3, 0.4) is 0 Å². The summed E-state index contributed by atoms with van der Waals surface area (Å²) in [4.78, 5) is 11.5. The predicted octanol–water partition coefficient (Wildman–Crippen LogP) is 3.74. The number of carbonyl (C=O) groups is 1. The third-order valence-corrected chi connectivity index (χ3v) is 6.39. The minimum Gasteiger partial charge on any atom is -0.507 e. The highest BCUT2D eigenvalue weighted by atomic mass is 16.5. The van der Waals surface area contributed by atoms with E-state index in [1.165, 1.54) is 5.69 Å². The molecule has 1 aliphatic heterocycles. The van der Waals surface area contributed by atoms with Gasteiger partial charge in [-0.1, -0.05) is 6.07 Å². The molecule has 0 bridgehead atoms. The van der Waals surface area contributed by atoms with Gasteiger partial charge in [-0.2, -0.15) is 5.10 Å². The van der Waals surface area contributed by atoms with Gasteiger partial charge in [-0.05, 0) is 56.7 Å². The Kier molecular flexibility index (Phi) is 5.15. The molecule has 1 saturated heterocycles. The van der Waals surface area contributed by atoms with Crippen molar-refractivity contribution in [3.05, 3.63) is 41.2 Å². The van der Waals surface area contributed by atoms with Crippen molar-refractivity contribution >= 4 is 6.29 Å². The normalized spacial score (nSPS) is 26.6. The topological polar surface area (TPSA) is 73.6 Å². The summed E-state index contributed by atoms with van der Waals surface area (Å²) < 4.78 is 13.9. The molecule has 1 aliphatic carbocycles. The van der Waals surface area contributed by atoms with Crippen LogP contribution >= 0.6 is 0 Å². The Balaban J connectivity index is 1.58. The maximum Gasteiger partial charge on any atom is 0.157 e. The zero-order valence-electron chi connectivity index (χ0n) is 16.7. The molecule has 1 aromatic heterocycles. The summed E-state index contributed by atoms with van der Waals surface area (Å²) in [5.74, 6) is 2.13. The van der Waals surface area contributed by atoms with Gasteiger partial charge in [-0.15, -0.1) is 0 Å². The van der Waals surface area contributed by atoms with Crippen LogP contribution in [-0.2, 0) is 4.74 Å². The molecule has 6 heteroatoms. The van der Waals surface area contributed by atoms with E-state index in [0.29, 0.717) is 53.9 Å². The van der Waals surface area contributed by atoms with Gasteiger partial charge in [0, 0.05) is 36.4 Å². The summed E-state index contributed by atoms with van der Waals surface area (Å²) in [6, 6.07) is 5.97. The van der Waals surface area contributed by atoms with Crippen LogP contribution in [0.5, 0.6) is 11.5 Å². The molecule has 0 amide bonds. The zero-order chi connectivity index (χ0) is 19.8. The van der Waals surface area contributed by atoms with Crippen molar-refractivity contribution < 1.29 is 19.4 Å². The number of ether oxygens (including phenoxy) is 2. The number of hydrogen-bond acceptors (Lipinski definition) is 5. The lowest BCUT2D eigenvalue weighted by molar-refractivity contribution is -0.107. The lowest BCUT2D eigenvalue weighted by Crippen LogP contribution is -2.53. The molecule has 1 N–H and O–H groups in total. The van der Waals surface area contributed by atoms with E-state index in [0.717, 1.165) is 19.6 Å². The number of carbonyl (C=O) groups excluding carboxylic acids is 1. The minimum absolute atomic E-state index is 0.00517. The molecule has 2 heterocycles. The molecule has 28 heavy (non-hydrogen) atoms. The maximum atomic E-state index is 11.5. The summed E-state index contributed by atoms with van der Waals surface area (Å²) in [5.41, 5.74) is 2.14. The molecule has 2 aliphatic rings. The van der Waals surface area contributed by atoms with E-state index in [1.54, 1.807) is 19.1 Å². The second-order valence-electron chi connectivity index (χ2n) is 8.25. The Hall–Kier alpha value is -2.34. The Bertz CT molecular complexity index is 860. The minimum atomic E-state index is -0.00517. The average molecular weight is 384 g/mol. The average Bonchev–Trinajstić information content (AvgIpc) is 3.15. The highest BCUT2D eigenvalue weighted by molar-refractivity contribution is 5.84. The van der Waals surface area contributed by atoms with Gasteiger partial charge in [0.1, 0.15) is 11.5 Å². The van der Waals surface area contributed by atoms with Crippen LogP contribution in [0.4, 0.5) is 0 Å². The van der Waals surface area contributed by atoms with Crippen molar-refractivity contribution in [3.63, 3.8) is 0 Å². The van der Waals surface area contributed by atoms with Gasteiger partial charge in [0.25, 0.3) is 0 Å². The monoisotopic (exact) mass is 384 g/mol. The summed E-state index contributed by atoms with van der Waals surface area (Å²) in [6.45, 7) is 8.11. The summed E-state index contributed by atoms with van der Waals surface area (Å²) >= 11 is 0. The summed E-state index contributed by atoms with van der Waals surface area (Å²) in [7, 11) is 0. The molecular formula is C22H28N2O4. The summed E-state index contributed by atoms with van der Waals surface area (Å²) in [6.07, 6.45) is 3.60. The smallest absolute Gasteiger partial charge is 0.157 e. The number of benzene rings is 1. The van der Waals surface area contributed by atoms with E-state index < -0.39 is 0 Å². The molecule has 150 valence electrons. The van der Waals surface area contributed by atoms with Crippen molar-refractivity contribution in [2.75, 3.05) is 19.8 Å². The number of fused-ring (bicyclic) bond motifs is 1. The van der Waals surface area contributed by atoms with Gasteiger partial charge in [-0.25, -0.2) is 0 Å². The van der Waals surface area contributed by atoms with Crippen LogP contribution in [0, 0.1) is 24.7 Å². The number of aldehydes is 1. The second-order valence-corrected chi connectivity index (χ2v) is 8.25. The lowest BCUT2D eigenvalue weighted by Gasteiger charge is -2.54. The first-order valence-electron chi connectivity index (χ1n) is 10.0. The highest BCUT2D eigenvalue weighted by Gasteiger charge is 2.53. The van der Waals surface area contributed by atoms with Crippen molar-refractivity contribution in [2.24, 2.45) is 17.8 Å². The SMILES string of the molecule is Cc1ccc(OCC2C(c3ccnn3C(C)C)C3CCOC[C@@H]32)c(C=O)c1O. The number of phenolic OH excluding ortho intramolecular Hbond substituents is 1. The molecule has 4 rings (SSSR count). The second kappa shape index (κ2) is 7.59. The number of aryl methyl sites for hydroxylation is 1. The van der Waals surface area contributed by atoms with Crippen molar-refractivity contribution in [2.45, 2.75) is 39.2 Å². The van der Waals surface area contributed by atoms with Crippen LogP contribution < -0.4 is 4.74 Å². The van der Waals surface area contributed by atoms with E-state index in [-0.39, 0.29) is 11.3 Å². The molecule has 0 spiro atoms. The quantitative estimate of drug-likeness (QED) is 0.768. The van der Waals surface area contributed by atoms with E-state index in [2.05, 4.69) is 29.7 Å². The van der Waals surface area contributed by atoms with Crippen molar-refractivity contribution in [3.8, 4) is 11.5 Å². The van der Waals surface area contributed by atoms with Crippen LogP contribution in [0.2, 0.25) is 0 Å². The fraction of sp³-hybridized carbons (Fsp3) is 0.545. The Morgan fingerprint density at radius 1 is 1.36 bits per heavy atom.